The number of carbonyl (C=O) groups is 6. The van der Waals surface area contributed by atoms with Crippen LogP contribution < -0.4 is 33.2 Å². The third kappa shape index (κ3) is 11.6. The number of rotatable bonds is 16. The summed E-state index contributed by atoms with van der Waals surface area (Å²) in [7, 11) is 0. The van der Waals surface area contributed by atoms with Crippen LogP contribution >= 0.6 is 11.8 Å². The summed E-state index contributed by atoms with van der Waals surface area (Å²) in [4.78, 5) is 72.4. The lowest BCUT2D eigenvalue weighted by Crippen LogP contribution is -2.58. The van der Waals surface area contributed by atoms with Gasteiger partial charge in [0.05, 0.1) is 18.9 Å². The number of hydrogen-bond acceptors (Lipinski definition) is 9. The smallest absolute Gasteiger partial charge is 0.326 e. The number of amides is 5. The minimum absolute atomic E-state index is 0.0185. The maximum absolute atomic E-state index is 13.1. The number of carboxylic acids is 1. The predicted molar refractivity (Wildman–Crippen MR) is 134 cm³/mol. The van der Waals surface area contributed by atoms with Crippen LogP contribution in [-0.4, -0.2) is 81.9 Å². The maximum atomic E-state index is 13.1. The van der Waals surface area contributed by atoms with Crippen LogP contribution in [0.1, 0.15) is 24.8 Å². The standard InChI is InChI=1S/C22H32N6O8S/c1-37-7-6-13(23)19(32)26-14(8-11-2-4-12(29)5-3-11)20(33)27-15(9-17(24)30)21(34)28-16(22(35)36)10-18(25)31/h2-5,13-16,29H,6-10,23H2,1H3,(H2,24,30)(H2,25,31)(H,26,32)(H,27,33)(H,28,34)(H,35,36). The Morgan fingerprint density at radius 2 is 1.32 bits per heavy atom. The van der Waals surface area contributed by atoms with E-state index in [2.05, 4.69) is 10.6 Å². The average molecular weight is 541 g/mol. The first kappa shape index (κ1) is 31.2. The molecular weight excluding hydrogens is 508 g/mol. The summed E-state index contributed by atoms with van der Waals surface area (Å²) < 4.78 is 0. The minimum Gasteiger partial charge on any atom is -0.508 e. The highest BCUT2D eigenvalue weighted by Gasteiger charge is 2.32. The van der Waals surface area contributed by atoms with Crippen LogP contribution in [0.4, 0.5) is 0 Å². The van der Waals surface area contributed by atoms with E-state index < -0.39 is 72.5 Å². The summed E-state index contributed by atoms with van der Waals surface area (Å²) in [6, 6.07) is 0.283. The molecule has 0 fully saturated rings. The van der Waals surface area contributed by atoms with Crippen molar-refractivity contribution in [2.75, 3.05) is 12.0 Å². The van der Waals surface area contributed by atoms with Gasteiger partial charge in [0.1, 0.15) is 23.9 Å². The largest absolute Gasteiger partial charge is 0.508 e. The van der Waals surface area contributed by atoms with Gasteiger partial charge in [-0.2, -0.15) is 11.8 Å². The molecule has 1 rings (SSSR count). The molecule has 4 atom stereocenters. The summed E-state index contributed by atoms with van der Waals surface area (Å²) in [5.74, 6) is -5.59. The van der Waals surface area contributed by atoms with Crippen molar-refractivity contribution in [3.05, 3.63) is 29.8 Å². The molecule has 37 heavy (non-hydrogen) atoms. The number of benzene rings is 1. The monoisotopic (exact) mass is 540 g/mol. The zero-order valence-corrected chi connectivity index (χ0v) is 21.0. The predicted octanol–water partition coefficient (Wildman–Crippen LogP) is -2.70. The molecule has 1 aromatic carbocycles. The van der Waals surface area contributed by atoms with Gasteiger partial charge >= 0.3 is 5.97 Å². The fourth-order valence-electron chi connectivity index (χ4n) is 3.09. The highest BCUT2D eigenvalue weighted by molar-refractivity contribution is 7.98. The maximum Gasteiger partial charge on any atom is 0.326 e. The Labute approximate surface area is 217 Å². The van der Waals surface area contributed by atoms with Crippen molar-refractivity contribution in [2.24, 2.45) is 17.2 Å². The number of nitrogens with one attached hydrogen (secondary N) is 3. The second kappa shape index (κ2) is 15.3. The Balaban J connectivity index is 3.13. The molecular formula is C22H32N6O8S. The van der Waals surface area contributed by atoms with Crippen LogP contribution in [0.15, 0.2) is 24.3 Å². The van der Waals surface area contributed by atoms with Gasteiger partial charge in [0.25, 0.3) is 0 Å². The molecule has 0 saturated carbocycles. The lowest BCUT2D eigenvalue weighted by molar-refractivity contribution is -0.144. The van der Waals surface area contributed by atoms with Gasteiger partial charge in [0.2, 0.25) is 29.5 Å². The molecule has 0 bridgehead atoms. The topological polar surface area (TPSA) is 257 Å². The third-order valence-electron chi connectivity index (χ3n) is 5.04. The van der Waals surface area contributed by atoms with Crippen molar-refractivity contribution in [2.45, 2.75) is 49.9 Å². The van der Waals surface area contributed by atoms with E-state index in [1.807, 2.05) is 11.6 Å². The molecule has 0 aliphatic carbocycles. The normalized spacial score (nSPS) is 13.9. The second-order valence-corrected chi connectivity index (χ2v) is 9.11. The molecule has 1 aromatic rings. The number of phenols is 1. The molecule has 11 N–H and O–H groups in total. The molecule has 4 unspecified atom stereocenters. The van der Waals surface area contributed by atoms with Crippen LogP contribution in [0, 0.1) is 0 Å². The Kier molecular flexibility index (Phi) is 12.9. The molecule has 15 heteroatoms. The Morgan fingerprint density at radius 3 is 1.84 bits per heavy atom. The fraction of sp³-hybridized carbons (Fsp3) is 0.455. The molecule has 0 aliphatic heterocycles. The molecule has 0 radical (unpaired) electrons. The van der Waals surface area contributed by atoms with Crippen LogP contribution in [0.25, 0.3) is 0 Å². The summed E-state index contributed by atoms with van der Waals surface area (Å²) >= 11 is 1.48. The van der Waals surface area contributed by atoms with Crippen molar-refractivity contribution in [3.8, 4) is 5.75 Å². The summed E-state index contributed by atoms with van der Waals surface area (Å²) in [5, 5.41) is 25.6. The Hall–Kier alpha value is -3.85. The number of primary amides is 2. The quantitative estimate of drug-likeness (QED) is 0.108. The summed E-state index contributed by atoms with van der Waals surface area (Å²) in [5.41, 5.74) is 16.6. The molecule has 0 aromatic heterocycles. The highest BCUT2D eigenvalue weighted by atomic mass is 32.2. The van der Waals surface area contributed by atoms with E-state index in [1.165, 1.54) is 36.0 Å². The Bertz CT molecular complexity index is 990. The average Bonchev–Trinajstić information content (AvgIpc) is 2.81. The van der Waals surface area contributed by atoms with E-state index in [9.17, 15) is 39.0 Å². The number of phenolic OH excluding ortho intramolecular Hbond substituents is 1. The van der Waals surface area contributed by atoms with Gasteiger partial charge < -0.3 is 43.4 Å². The number of aromatic hydroxyl groups is 1. The molecule has 5 amide bonds. The van der Waals surface area contributed by atoms with Crippen LogP contribution in [0.5, 0.6) is 5.75 Å². The molecule has 0 saturated heterocycles. The minimum atomic E-state index is -1.71. The van der Waals surface area contributed by atoms with Crippen molar-refractivity contribution in [3.63, 3.8) is 0 Å². The lowest BCUT2D eigenvalue weighted by Gasteiger charge is -2.24. The zero-order chi connectivity index (χ0) is 28.1. The zero-order valence-electron chi connectivity index (χ0n) is 20.1. The number of hydrogen-bond donors (Lipinski definition) is 8. The van der Waals surface area contributed by atoms with Gasteiger partial charge in [-0.15, -0.1) is 0 Å². The van der Waals surface area contributed by atoms with E-state index in [0.717, 1.165) is 0 Å². The second-order valence-electron chi connectivity index (χ2n) is 8.12. The number of nitrogens with two attached hydrogens (primary N) is 3. The van der Waals surface area contributed by atoms with E-state index in [0.29, 0.717) is 17.7 Å². The van der Waals surface area contributed by atoms with Crippen molar-refractivity contribution >= 4 is 47.3 Å². The molecule has 0 heterocycles. The highest BCUT2D eigenvalue weighted by Crippen LogP contribution is 2.12. The van der Waals surface area contributed by atoms with Gasteiger partial charge in [-0.25, -0.2) is 4.79 Å². The van der Waals surface area contributed by atoms with Gasteiger partial charge in [0.15, 0.2) is 0 Å². The number of carboxylic acid groups (broad SMARTS) is 1. The van der Waals surface area contributed by atoms with E-state index in [4.69, 9.17) is 17.2 Å². The van der Waals surface area contributed by atoms with Gasteiger partial charge in [-0.1, -0.05) is 12.1 Å². The van der Waals surface area contributed by atoms with Crippen LogP contribution in [0.3, 0.4) is 0 Å². The fourth-order valence-corrected chi connectivity index (χ4v) is 3.58. The first-order valence-corrected chi connectivity index (χ1v) is 12.5. The molecule has 0 aliphatic rings. The molecule has 204 valence electrons. The third-order valence-corrected chi connectivity index (χ3v) is 5.68. The number of carbonyl (C=O) groups excluding carboxylic acids is 5. The van der Waals surface area contributed by atoms with E-state index >= 15 is 0 Å². The van der Waals surface area contributed by atoms with Crippen molar-refractivity contribution < 1.29 is 39.0 Å². The summed E-state index contributed by atoms with van der Waals surface area (Å²) in [6.45, 7) is 0. The first-order chi connectivity index (χ1) is 17.3. The van der Waals surface area contributed by atoms with Gasteiger partial charge in [-0.05, 0) is 36.1 Å². The number of thioether (sulfide) groups is 1. The van der Waals surface area contributed by atoms with Gasteiger partial charge in [-0.3, -0.25) is 24.0 Å². The van der Waals surface area contributed by atoms with E-state index in [1.54, 1.807) is 0 Å². The molecule has 14 nitrogen and oxygen atoms in total. The Morgan fingerprint density at radius 1 is 0.838 bits per heavy atom. The first-order valence-electron chi connectivity index (χ1n) is 11.1. The SMILES string of the molecule is CSCCC(N)C(=O)NC(Cc1ccc(O)cc1)C(=O)NC(CC(N)=O)C(=O)NC(CC(N)=O)C(=O)O. The lowest BCUT2D eigenvalue weighted by atomic mass is 10.0. The van der Waals surface area contributed by atoms with Gasteiger partial charge in [0, 0.05) is 6.42 Å². The number of aliphatic carboxylic acids is 1. The van der Waals surface area contributed by atoms with Crippen LogP contribution in [-0.2, 0) is 35.2 Å². The summed E-state index contributed by atoms with van der Waals surface area (Å²) in [6.07, 6.45) is 0.675. The molecule has 0 spiro atoms. The van der Waals surface area contributed by atoms with Crippen molar-refractivity contribution in [1.29, 1.82) is 0 Å². The van der Waals surface area contributed by atoms with Crippen LogP contribution in [0.2, 0.25) is 0 Å². The van der Waals surface area contributed by atoms with E-state index in [-0.39, 0.29) is 12.2 Å². The van der Waals surface area contributed by atoms with Crippen molar-refractivity contribution in [1.82, 2.24) is 16.0 Å².